The van der Waals surface area contributed by atoms with Crippen LogP contribution in [-0.4, -0.2) is 68.5 Å². The second-order valence-electron chi connectivity index (χ2n) is 14.1. The Morgan fingerprint density at radius 3 is 2.25 bits per heavy atom. The summed E-state index contributed by atoms with van der Waals surface area (Å²) in [6.07, 6.45) is -0.338. The summed E-state index contributed by atoms with van der Waals surface area (Å²) in [5, 5.41) is 3.06. The van der Waals surface area contributed by atoms with E-state index in [-0.39, 0.29) is 40.6 Å². The summed E-state index contributed by atoms with van der Waals surface area (Å²) in [7, 11) is 3.06. The van der Waals surface area contributed by atoms with Crippen LogP contribution in [0.15, 0.2) is 81.1 Å². The van der Waals surface area contributed by atoms with Crippen molar-refractivity contribution in [2.45, 2.75) is 46.4 Å². The Bertz CT molecular complexity index is 2370. The lowest BCUT2D eigenvalue weighted by molar-refractivity contribution is 0.0139. The molecule has 1 saturated heterocycles. The van der Waals surface area contributed by atoms with Gasteiger partial charge in [-0.1, -0.05) is 24.3 Å². The summed E-state index contributed by atoms with van der Waals surface area (Å²) in [5.41, 5.74) is 0.101. The predicted octanol–water partition coefficient (Wildman–Crippen LogP) is 5.76. The molecule has 5 aromatic rings. The third kappa shape index (κ3) is 8.03. The minimum absolute atomic E-state index is 0.0527. The van der Waals surface area contributed by atoms with Gasteiger partial charge in [-0.2, -0.15) is 0 Å². The van der Waals surface area contributed by atoms with Crippen molar-refractivity contribution in [1.29, 1.82) is 0 Å². The van der Waals surface area contributed by atoms with E-state index in [9.17, 15) is 19.2 Å². The third-order valence-corrected chi connectivity index (χ3v) is 9.85. The number of pyridine rings is 1. The molecule has 12 nitrogen and oxygen atoms in total. The largest absolute Gasteiger partial charge is 0.497 e. The van der Waals surface area contributed by atoms with E-state index in [0.29, 0.717) is 53.3 Å². The molecule has 53 heavy (non-hydrogen) atoms. The molecule has 14 heteroatoms. The van der Waals surface area contributed by atoms with E-state index in [4.69, 9.17) is 9.47 Å². The number of hydrogen-bond donors (Lipinski definition) is 1. The summed E-state index contributed by atoms with van der Waals surface area (Å²) in [6, 6.07) is 19.0. The van der Waals surface area contributed by atoms with Crippen molar-refractivity contribution >= 4 is 51.1 Å². The van der Waals surface area contributed by atoms with E-state index in [1.807, 2.05) is 61.6 Å². The van der Waals surface area contributed by atoms with Crippen LogP contribution in [0.4, 0.5) is 20.7 Å². The fourth-order valence-corrected chi connectivity index (χ4v) is 6.92. The molecule has 0 aliphatic carbocycles. The van der Waals surface area contributed by atoms with Crippen molar-refractivity contribution in [3.63, 3.8) is 0 Å². The second kappa shape index (κ2) is 15.2. The molecule has 1 aliphatic heterocycles. The van der Waals surface area contributed by atoms with Gasteiger partial charge < -0.3 is 19.7 Å². The van der Waals surface area contributed by atoms with Crippen LogP contribution in [0.25, 0.3) is 16.6 Å². The Morgan fingerprint density at radius 2 is 1.60 bits per heavy atom. The first-order chi connectivity index (χ1) is 25.1. The number of fused-ring (bicyclic) bond motifs is 1. The molecule has 0 atom stereocenters. The molecule has 0 saturated carbocycles. The fraction of sp³-hybridized carbons (Fsp3) is 0.333. The Kier molecular flexibility index (Phi) is 10.8. The molecule has 3 heterocycles. The van der Waals surface area contributed by atoms with Crippen LogP contribution in [0.2, 0.25) is 0 Å². The summed E-state index contributed by atoms with van der Waals surface area (Å²) in [6.45, 7) is 9.83. The van der Waals surface area contributed by atoms with E-state index in [1.54, 1.807) is 55.3 Å². The van der Waals surface area contributed by atoms with Crippen molar-refractivity contribution in [3.05, 3.63) is 124 Å². The molecule has 278 valence electrons. The molecule has 6 rings (SSSR count). The molecule has 0 bridgehead atoms. The van der Waals surface area contributed by atoms with Gasteiger partial charge in [0.25, 0.3) is 11.1 Å². The number of carbonyl (C=O) groups excluding carboxylic acids is 1. The van der Waals surface area contributed by atoms with Gasteiger partial charge in [0.05, 0.1) is 30.5 Å². The number of nitrogens with one attached hydrogen (secondary N) is 1. The maximum absolute atomic E-state index is 15.2. The minimum Gasteiger partial charge on any atom is -0.497 e. The number of hydrogen-bond acceptors (Lipinski definition) is 8. The highest BCUT2D eigenvalue weighted by Gasteiger charge is 2.27. The van der Waals surface area contributed by atoms with E-state index in [2.05, 4.69) is 10.2 Å². The zero-order valence-electron chi connectivity index (χ0n) is 30.5. The lowest BCUT2D eigenvalue weighted by Gasteiger charge is -2.35. The number of rotatable bonds is 8. The van der Waals surface area contributed by atoms with Crippen LogP contribution in [0.3, 0.4) is 0 Å². The average Bonchev–Trinajstić information content (AvgIpc) is 3.12. The highest BCUT2D eigenvalue weighted by Crippen LogP contribution is 2.28. The quantitative estimate of drug-likeness (QED) is 0.196. The third-order valence-electron chi connectivity index (χ3n) is 9.18. The summed E-state index contributed by atoms with van der Waals surface area (Å²) in [4.78, 5) is 59.5. The zero-order valence-corrected chi connectivity index (χ0v) is 32.7. The summed E-state index contributed by atoms with van der Waals surface area (Å²) in [5.74, 6) is 0.110. The van der Waals surface area contributed by atoms with Crippen LogP contribution in [0.5, 0.6) is 5.75 Å². The number of benzene rings is 3. The Labute approximate surface area is 319 Å². The van der Waals surface area contributed by atoms with E-state index in [1.165, 1.54) is 28.3 Å². The van der Waals surface area contributed by atoms with Gasteiger partial charge >= 0.3 is 11.8 Å². The topological polar surface area (TPSA) is 120 Å². The monoisotopic (exact) mass is 836 g/mol. The van der Waals surface area contributed by atoms with E-state index >= 15 is 4.39 Å². The standard InChI is InChI=1S/C39H42FIN6O6/c1-24-33-32(34(43(5)35(24)48)42-31-15-12-27(41)21-30(31)40)36(49)46(23-25-10-13-29(52-6)14-11-25)37(50)47(33)28-9-7-8-26(20-28)22-44-16-18-45(19-17-44)38(51)53-39(2,3)4/h7-15,20-21,42H,16-19,22-23H2,1-6H3. The van der Waals surface area contributed by atoms with Crippen molar-refractivity contribution in [3.8, 4) is 11.4 Å². The normalized spacial score (nSPS) is 13.7. The predicted molar refractivity (Wildman–Crippen MR) is 211 cm³/mol. The molecule has 1 aliphatic rings. The minimum atomic E-state index is -0.636. The number of methoxy groups -OCH3 is 1. The maximum Gasteiger partial charge on any atom is 0.410 e. The van der Waals surface area contributed by atoms with Crippen molar-refractivity contribution < 1.29 is 18.7 Å². The highest BCUT2D eigenvalue weighted by molar-refractivity contribution is 14.1. The van der Waals surface area contributed by atoms with Gasteiger partial charge in [-0.15, -0.1) is 0 Å². The Morgan fingerprint density at radius 1 is 0.906 bits per heavy atom. The van der Waals surface area contributed by atoms with Crippen molar-refractivity contribution in [2.75, 3.05) is 38.6 Å². The highest BCUT2D eigenvalue weighted by atomic mass is 127. The fourth-order valence-electron chi connectivity index (χ4n) is 6.47. The van der Waals surface area contributed by atoms with Crippen LogP contribution in [0, 0.1) is 16.3 Å². The van der Waals surface area contributed by atoms with E-state index in [0.717, 1.165) is 10.1 Å². The molecule has 3 aromatic carbocycles. The number of amides is 1. The van der Waals surface area contributed by atoms with Gasteiger partial charge in [-0.25, -0.2) is 14.0 Å². The Hall–Kier alpha value is -4.96. The van der Waals surface area contributed by atoms with Crippen LogP contribution in [-0.2, 0) is 24.9 Å². The maximum atomic E-state index is 15.2. The van der Waals surface area contributed by atoms with Crippen LogP contribution in [0.1, 0.15) is 37.5 Å². The average molecular weight is 837 g/mol. The number of halogens is 2. The molecular formula is C39H42FIN6O6. The molecule has 0 radical (unpaired) electrons. The second-order valence-corrected chi connectivity index (χ2v) is 15.3. The van der Waals surface area contributed by atoms with Crippen molar-refractivity contribution in [2.24, 2.45) is 7.05 Å². The molecule has 0 spiro atoms. The molecule has 1 N–H and O–H groups in total. The lowest BCUT2D eigenvalue weighted by atomic mass is 10.1. The molecule has 1 fully saturated rings. The molecular weight excluding hydrogens is 794 g/mol. The number of ether oxygens (including phenoxy) is 2. The first kappa shape index (κ1) is 37.8. The molecule has 0 unspecified atom stereocenters. The summed E-state index contributed by atoms with van der Waals surface area (Å²) >= 11 is 2.00. The van der Waals surface area contributed by atoms with Gasteiger partial charge in [-0.05, 0) is 104 Å². The number of nitrogens with zero attached hydrogens (tertiary/aromatic N) is 5. The number of aromatic nitrogens is 3. The van der Waals surface area contributed by atoms with Gasteiger partial charge in [0, 0.05) is 48.9 Å². The van der Waals surface area contributed by atoms with Gasteiger partial charge in [0.1, 0.15) is 28.4 Å². The Balaban J connectivity index is 1.47. The number of aryl methyl sites for hydroxylation is 1. The van der Waals surface area contributed by atoms with Crippen LogP contribution < -0.4 is 26.9 Å². The zero-order chi connectivity index (χ0) is 38.2. The lowest BCUT2D eigenvalue weighted by Crippen LogP contribution is -2.49. The molecule has 2 aromatic heterocycles. The number of piperazine rings is 1. The SMILES string of the molecule is COc1ccc(Cn2c(=O)c3c(Nc4ccc(I)cc4F)n(C)c(=O)c(C)c3n(-c3cccc(CN4CCN(C(=O)OC(C)(C)C)CC4)c3)c2=O)cc1. The smallest absolute Gasteiger partial charge is 0.410 e. The molecule has 1 amide bonds. The number of carbonyl (C=O) groups is 1. The van der Waals surface area contributed by atoms with Crippen LogP contribution >= 0.6 is 22.6 Å². The first-order valence-corrected chi connectivity index (χ1v) is 18.3. The van der Waals surface area contributed by atoms with E-state index < -0.39 is 28.2 Å². The number of anilines is 2. The van der Waals surface area contributed by atoms with Crippen molar-refractivity contribution in [1.82, 2.24) is 23.5 Å². The van der Waals surface area contributed by atoms with Gasteiger partial charge in [0.2, 0.25) is 0 Å². The van der Waals surface area contributed by atoms with Gasteiger partial charge in [0.15, 0.2) is 0 Å². The first-order valence-electron chi connectivity index (χ1n) is 17.2. The summed E-state index contributed by atoms with van der Waals surface area (Å²) < 4.78 is 30.5. The van der Waals surface area contributed by atoms with Gasteiger partial charge in [-0.3, -0.25) is 28.2 Å².